The van der Waals surface area contributed by atoms with Crippen molar-refractivity contribution in [2.45, 2.75) is 32.9 Å². The van der Waals surface area contributed by atoms with E-state index in [-0.39, 0.29) is 23.7 Å². The van der Waals surface area contributed by atoms with Crippen molar-refractivity contribution in [3.8, 4) is 5.75 Å². The van der Waals surface area contributed by atoms with E-state index in [0.717, 1.165) is 6.08 Å². The molecule has 0 bridgehead atoms. The first-order valence-corrected chi connectivity index (χ1v) is 6.98. The lowest BCUT2D eigenvalue weighted by Crippen LogP contribution is -2.45. The maximum Gasteiger partial charge on any atom is 0.387 e. The average molecular weight is 326 g/mol. The van der Waals surface area contributed by atoms with Crippen molar-refractivity contribution >= 4 is 17.9 Å². The Labute approximate surface area is 133 Å². The third kappa shape index (κ3) is 7.94. The summed E-state index contributed by atoms with van der Waals surface area (Å²) < 4.78 is 28.9. The van der Waals surface area contributed by atoms with Crippen LogP contribution in [0, 0.1) is 0 Å². The van der Waals surface area contributed by atoms with Gasteiger partial charge in [0.05, 0.1) is 6.54 Å². The Balaban J connectivity index is 2.57. The molecule has 2 amide bonds. The van der Waals surface area contributed by atoms with Crippen LogP contribution >= 0.6 is 0 Å². The average Bonchev–Trinajstić information content (AvgIpc) is 2.41. The predicted molar refractivity (Wildman–Crippen MR) is 83.0 cm³/mol. The zero-order valence-electron chi connectivity index (χ0n) is 13.2. The van der Waals surface area contributed by atoms with Crippen LogP contribution in [0.15, 0.2) is 30.3 Å². The van der Waals surface area contributed by atoms with Crippen molar-refractivity contribution in [2.75, 3.05) is 6.54 Å². The molecular weight excluding hydrogens is 306 g/mol. The van der Waals surface area contributed by atoms with Crippen LogP contribution in [0.5, 0.6) is 5.75 Å². The van der Waals surface area contributed by atoms with E-state index < -0.39 is 12.5 Å². The van der Waals surface area contributed by atoms with Crippen LogP contribution < -0.4 is 15.4 Å². The number of amides is 2. The monoisotopic (exact) mass is 326 g/mol. The number of nitrogens with one attached hydrogen (secondary N) is 2. The lowest BCUT2D eigenvalue weighted by atomic mass is 10.1. The SMILES string of the molecule is CC(C)(C)NC(=O)CNC(=O)/C=C/c1ccccc1OC(F)F. The molecule has 0 aliphatic heterocycles. The number of ether oxygens (including phenoxy) is 1. The summed E-state index contributed by atoms with van der Waals surface area (Å²) in [5, 5.41) is 5.11. The van der Waals surface area contributed by atoms with Crippen molar-refractivity contribution < 1.29 is 23.1 Å². The Morgan fingerprint density at radius 1 is 1.26 bits per heavy atom. The Hall–Kier alpha value is -2.44. The van der Waals surface area contributed by atoms with E-state index in [1.165, 1.54) is 18.2 Å². The van der Waals surface area contributed by atoms with Crippen LogP contribution in [-0.2, 0) is 9.59 Å². The lowest BCUT2D eigenvalue weighted by molar-refractivity contribution is -0.124. The van der Waals surface area contributed by atoms with Gasteiger partial charge in [-0.15, -0.1) is 0 Å². The molecule has 0 atom stereocenters. The van der Waals surface area contributed by atoms with Gasteiger partial charge in [0.2, 0.25) is 11.8 Å². The van der Waals surface area contributed by atoms with Gasteiger partial charge in [-0.1, -0.05) is 18.2 Å². The molecule has 0 saturated heterocycles. The highest BCUT2D eigenvalue weighted by atomic mass is 19.3. The van der Waals surface area contributed by atoms with Crippen molar-refractivity contribution in [1.82, 2.24) is 10.6 Å². The lowest BCUT2D eigenvalue weighted by Gasteiger charge is -2.20. The molecule has 0 saturated carbocycles. The van der Waals surface area contributed by atoms with Gasteiger partial charge >= 0.3 is 6.61 Å². The van der Waals surface area contributed by atoms with Gasteiger partial charge in [0.25, 0.3) is 0 Å². The molecule has 1 aromatic carbocycles. The molecule has 1 aromatic rings. The Kier molecular flexibility index (Phi) is 6.68. The van der Waals surface area contributed by atoms with Crippen LogP contribution in [0.1, 0.15) is 26.3 Å². The van der Waals surface area contributed by atoms with Gasteiger partial charge in [0.15, 0.2) is 0 Å². The smallest absolute Gasteiger partial charge is 0.387 e. The fraction of sp³-hybridized carbons (Fsp3) is 0.375. The molecule has 2 N–H and O–H groups in total. The molecule has 0 fully saturated rings. The van der Waals surface area contributed by atoms with E-state index in [1.807, 2.05) is 20.8 Å². The fourth-order valence-corrected chi connectivity index (χ4v) is 1.68. The van der Waals surface area contributed by atoms with E-state index in [1.54, 1.807) is 12.1 Å². The van der Waals surface area contributed by atoms with Gasteiger partial charge in [-0.2, -0.15) is 8.78 Å². The summed E-state index contributed by atoms with van der Waals surface area (Å²) in [7, 11) is 0. The van der Waals surface area contributed by atoms with Gasteiger partial charge in [0.1, 0.15) is 5.75 Å². The van der Waals surface area contributed by atoms with Gasteiger partial charge < -0.3 is 15.4 Å². The Morgan fingerprint density at radius 2 is 1.91 bits per heavy atom. The number of benzene rings is 1. The molecule has 0 radical (unpaired) electrons. The molecule has 0 unspecified atom stereocenters. The molecule has 126 valence electrons. The minimum Gasteiger partial charge on any atom is -0.434 e. The van der Waals surface area contributed by atoms with Crippen LogP contribution in [0.25, 0.3) is 6.08 Å². The molecule has 5 nitrogen and oxygen atoms in total. The molecule has 0 aliphatic carbocycles. The fourth-order valence-electron chi connectivity index (χ4n) is 1.68. The van der Waals surface area contributed by atoms with Crippen LogP contribution in [-0.4, -0.2) is 30.5 Å². The molecule has 0 aliphatic rings. The first-order chi connectivity index (χ1) is 10.7. The molecule has 0 aromatic heterocycles. The van der Waals surface area contributed by atoms with Crippen molar-refractivity contribution in [3.05, 3.63) is 35.9 Å². The third-order valence-corrected chi connectivity index (χ3v) is 2.49. The predicted octanol–water partition coefficient (Wildman–Crippen LogP) is 2.33. The quantitative estimate of drug-likeness (QED) is 0.789. The molecule has 0 spiro atoms. The highest BCUT2D eigenvalue weighted by Crippen LogP contribution is 2.21. The minimum atomic E-state index is -2.94. The zero-order chi connectivity index (χ0) is 17.5. The van der Waals surface area contributed by atoms with Gasteiger partial charge in [-0.3, -0.25) is 9.59 Å². The van der Waals surface area contributed by atoms with Gasteiger partial charge in [0, 0.05) is 17.2 Å². The molecule has 7 heteroatoms. The van der Waals surface area contributed by atoms with E-state index in [2.05, 4.69) is 15.4 Å². The molecule has 23 heavy (non-hydrogen) atoms. The minimum absolute atomic E-state index is 0.0305. The third-order valence-electron chi connectivity index (χ3n) is 2.49. The van der Waals surface area contributed by atoms with Crippen LogP contribution in [0.2, 0.25) is 0 Å². The van der Waals surface area contributed by atoms with Gasteiger partial charge in [-0.25, -0.2) is 0 Å². The second kappa shape index (κ2) is 8.26. The van der Waals surface area contributed by atoms with Crippen LogP contribution in [0.3, 0.4) is 0 Å². The normalized spacial score (nSPS) is 11.6. The van der Waals surface area contributed by atoms with E-state index >= 15 is 0 Å². The van der Waals surface area contributed by atoms with Crippen molar-refractivity contribution in [2.24, 2.45) is 0 Å². The number of para-hydroxylation sites is 1. The number of carbonyl (C=O) groups is 2. The number of carbonyl (C=O) groups excluding carboxylic acids is 2. The number of hydrogen-bond acceptors (Lipinski definition) is 3. The largest absolute Gasteiger partial charge is 0.434 e. The summed E-state index contributed by atoms with van der Waals surface area (Å²) in [5.74, 6) is -0.862. The number of alkyl halides is 2. The summed E-state index contributed by atoms with van der Waals surface area (Å²) >= 11 is 0. The highest BCUT2D eigenvalue weighted by Gasteiger charge is 2.13. The van der Waals surface area contributed by atoms with E-state index in [4.69, 9.17) is 0 Å². The summed E-state index contributed by atoms with van der Waals surface area (Å²) in [6.07, 6.45) is 2.49. The zero-order valence-corrected chi connectivity index (χ0v) is 13.2. The van der Waals surface area contributed by atoms with Crippen molar-refractivity contribution in [3.63, 3.8) is 0 Å². The van der Waals surface area contributed by atoms with Crippen molar-refractivity contribution in [1.29, 1.82) is 0 Å². The number of halogens is 2. The second-order valence-corrected chi connectivity index (χ2v) is 5.77. The molecule has 1 rings (SSSR count). The summed E-state index contributed by atoms with van der Waals surface area (Å²) in [6, 6.07) is 6.09. The number of rotatable bonds is 6. The number of hydrogen-bond donors (Lipinski definition) is 2. The standard InChI is InChI=1S/C16H20F2N2O3/c1-16(2,3)20-14(22)10-19-13(21)9-8-11-6-4-5-7-12(11)23-15(17)18/h4-9,15H,10H2,1-3H3,(H,19,21)(H,20,22)/b9-8+. The maximum atomic E-state index is 12.3. The maximum absolute atomic E-state index is 12.3. The summed E-state index contributed by atoms with van der Waals surface area (Å²) in [5.41, 5.74) is -0.0504. The second-order valence-electron chi connectivity index (χ2n) is 5.77. The van der Waals surface area contributed by atoms with E-state index in [9.17, 15) is 18.4 Å². The van der Waals surface area contributed by atoms with Gasteiger partial charge in [-0.05, 0) is 32.9 Å². The topological polar surface area (TPSA) is 67.4 Å². The Bertz CT molecular complexity index is 581. The molecule has 0 heterocycles. The van der Waals surface area contributed by atoms with Crippen LogP contribution in [0.4, 0.5) is 8.78 Å². The summed E-state index contributed by atoms with van der Waals surface area (Å²) in [4.78, 5) is 23.2. The first kappa shape index (κ1) is 18.6. The Morgan fingerprint density at radius 3 is 2.52 bits per heavy atom. The summed E-state index contributed by atoms with van der Waals surface area (Å²) in [6.45, 7) is 2.36. The van der Waals surface area contributed by atoms with E-state index in [0.29, 0.717) is 5.56 Å². The first-order valence-electron chi connectivity index (χ1n) is 6.98. The molecular formula is C16H20F2N2O3. The highest BCUT2D eigenvalue weighted by molar-refractivity contribution is 5.94.